The van der Waals surface area contributed by atoms with Crippen LogP contribution in [0.2, 0.25) is 0 Å². The van der Waals surface area contributed by atoms with Gasteiger partial charge in [0.1, 0.15) is 6.33 Å². The van der Waals surface area contributed by atoms with E-state index in [2.05, 4.69) is 58.0 Å². The van der Waals surface area contributed by atoms with Gasteiger partial charge in [0.2, 0.25) is 5.91 Å². The number of rotatable bonds is 6. The van der Waals surface area contributed by atoms with Crippen molar-refractivity contribution in [2.45, 2.75) is 44.8 Å². The molecule has 0 aliphatic heterocycles. The first kappa shape index (κ1) is 18.2. The smallest absolute Gasteiger partial charge is 0.236 e. The third kappa shape index (κ3) is 4.06. The zero-order valence-electron chi connectivity index (χ0n) is 15.5. The average molecular weight is 400 g/mol. The van der Waals surface area contributed by atoms with E-state index in [1.165, 1.54) is 39.8 Å². The molecule has 1 N–H and O–H groups in total. The lowest BCUT2D eigenvalue weighted by molar-refractivity contribution is -0.113. The Morgan fingerprint density at radius 2 is 2.04 bits per heavy atom. The largest absolute Gasteiger partial charge is 0.306 e. The number of aryl methyl sites for hydroxylation is 3. The molecule has 0 unspecified atom stereocenters. The van der Waals surface area contributed by atoms with Gasteiger partial charge < -0.3 is 9.88 Å². The van der Waals surface area contributed by atoms with Crippen LogP contribution in [0, 0.1) is 20.8 Å². The Balaban J connectivity index is 1.39. The van der Waals surface area contributed by atoms with Crippen molar-refractivity contribution in [1.82, 2.24) is 19.7 Å². The molecule has 0 spiro atoms. The molecule has 2 aromatic heterocycles. The van der Waals surface area contributed by atoms with Crippen molar-refractivity contribution in [3.8, 4) is 11.3 Å². The molecule has 8 heteroatoms. The summed E-state index contributed by atoms with van der Waals surface area (Å²) in [6, 6.07) is 4.84. The number of thioether (sulfide) groups is 1. The van der Waals surface area contributed by atoms with Crippen LogP contribution in [-0.4, -0.2) is 31.4 Å². The number of hydrogen-bond donors (Lipinski definition) is 1. The van der Waals surface area contributed by atoms with Crippen LogP contribution in [0.25, 0.3) is 11.3 Å². The van der Waals surface area contributed by atoms with E-state index in [4.69, 9.17) is 0 Å². The maximum absolute atomic E-state index is 12.3. The molecule has 140 valence electrons. The molecule has 1 aliphatic carbocycles. The number of nitrogens with zero attached hydrogens (tertiary/aromatic N) is 4. The number of nitrogens with one attached hydrogen (secondary N) is 1. The maximum Gasteiger partial charge on any atom is 0.236 e. The molecule has 27 heavy (non-hydrogen) atoms. The van der Waals surface area contributed by atoms with E-state index in [1.807, 2.05) is 5.38 Å². The Labute approximate surface area is 166 Å². The van der Waals surface area contributed by atoms with Crippen molar-refractivity contribution in [3.05, 3.63) is 40.5 Å². The van der Waals surface area contributed by atoms with E-state index in [1.54, 1.807) is 6.33 Å². The molecular formula is C19H21N5OS2. The van der Waals surface area contributed by atoms with Gasteiger partial charge in [-0.3, -0.25) is 4.79 Å². The quantitative estimate of drug-likeness (QED) is 0.622. The molecule has 3 aromatic rings. The summed E-state index contributed by atoms with van der Waals surface area (Å²) in [7, 11) is 0. The van der Waals surface area contributed by atoms with Crippen molar-refractivity contribution in [2.24, 2.45) is 0 Å². The van der Waals surface area contributed by atoms with Crippen molar-refractivity contribution < 1.29 is 4.79 Å². The standard InChI is InChI=1S/C19H21N5OS2/c1-11-6-13(3)15(7-12(11)2)16-8-26-18(21-16)22-17(25)9-27-19-23-20-10-24(19)14-4-5-14/h6-8,10,14H,4-5,9H2,1-3H3,(H,21,22,25). The summed E-state index contributed by atoms with van der Waals surface area (Å²) in [5, 5.41) is 14.4. The first-order valence-corrected chi connectivity index (χ1v) is 10.7. The minimum Gasteiger partial charge on any atom is -0.306 e. The second kappa shape index (κ2) is 7.44. The predicted molar refractivity (Wildman–Crippen MR) is 109 cm³/mol. The highest BCUT2D eigenvalue weighted by Gasteiger charge is 2.26. The fourth-order valence-electron chi connectivity index (χ4n) is 2.92. The number of amides is 1. The number of carbonyl (C=O) groups is 1. The van der Waals surface area contributed by atoms with E-state index in [0.29, 0.717) is 16.9 Å². The lowest BCUT2D eigenvalue weighted by atomic mass is 9.99. The van der Waals surface area contributed by atoms with Crippen molar-refractivity contribution in [1.29, 1.82) is 0 Å². The third-order valence-corrected chi connectivity index (χ3v) is 6.39. The molecule has 2 heterocycles. The predicted octanol–water partition coefficient (Wildman–Crippen LogP) is 4.39. The number of thiazole rings is 1. The van der Waals surface area contributed by atoms with Gasteiger partial charge in [-0.15, -0.1) is 21.5 Å². The van der Waals surface area contributed by atoms with E-state index in [0.717, 1.165) is 29.3 Å². The Morgan fingerprint density at radius 1 is 1.26 bits per heavy atom. The summed E-state index contributed by atoms with van der Waals surface area (Å²) in [6.07, 6.45) is 4.08. The van der Waals surface area contributed by atoms with Crippen LogP contribution in [0.3, 0.4) is 0 Å². The van der Waals surface area contributed by atoms with Crippen LogP contribution in [0.5, 0.6) is 0 Å². The van der Waals surface area contributed by atoms with E-state index >= 15 is 0 Å². The Hall–Kier alpha value is -2.19. The number of benzene rings is 1. The summed E-state index contributed by atoms with van der Waals surface area (Å²) in [5.74, 6) is 0.214. The van der Waals surface area contributed by atoms with E-state index in [-0.39, 0.29) is 5.91 Å². The van der Waals surface area contributed by atoms with Gasteiger partial charge in [0.05, 0.1) is 11.4 Å². The van der Waals surface area contributed by atoms with Crippen molar-refractivity contribution >= 4 is 34.1 Å². The minimum absolute atomic E-state index is 0.0805. The first-order valence-electron chi connectivity index (χ1n) is 8.87. The van der Waals surface area contributed by atoms with Crippen LogP contribution in [0.4, 0.5) is 5.13 Å². The van der Waals surface area contributed by atoms with Gasteiger partial charge >= 0.3 is 0 Å². The van der Waals surface area contributed by atoms with Gasteiger partial charge in [0.15, 0.2) is 10.3 Å². The number of anilines is 1. The topological polar surface area (TPSA) is 72.7 Å². The molecule has 4 rings (SSSR count). The first-order chi connectivity index (χ1) is 13.0. The Morgan fingerprint density at radius 3 is 2.81 bits per heavy atom. The zero-order valence-corrected chi connectivity index (χ0v) is 17.2. The molecule has 0 saturated heterocycles. The second-order valence-corrected chi connectivity index (χ2v) is 8.68. The van der Waals surface area contributed by atoms with E-state index in [9.17, 15) is 4.79 Å². The van der Waals surface area contributed by atoms with Crippen LogP contribution in [0.1, 0.15) is 35.6 Å². The van der Waals surface area contributed by atoms with Crippen molar-refractivity contribution in [3.63, 3.8) is 0 Å². The lowest BCUT2D eigenvalue weighted by Crippen LogP contribution is -2.14. The number of carbonyl (C=O) groups excluding carboxylic acids is 1. The molecule has 0 atom stereocenters. The van der Waals surface area contributed by atoms with Gasteiger partial charge in [-0.2, -0.15) is 0 Å². The minimum atomic E-state index is -0.0805. The highest BCUT2D eigenvalue weighted by Crippen LogP contribution is 2.37. The summed E-state index contributed by atoms with van der Waals surface area (Å²) in [4.78, 5) is 16.9. The fourth-order valence-corrected chi connectivity index (χ4v) is 4.42. The summed E-state index contributed by atoms with van der Waals surface area (Å²) in [5.41, 5.74) is 5.72. The molecule has 6 nitrogen and oxygen atoms in total. The maximum atomic E-state index is 12.3. The van der Waals surface area contributed by atoms with Crippen molar-refractivity contribution in [2.75, 3.05) is 11.1 Å². The molecular weight excluding hydrogens is 378 g/mol. The average Bonchev–Trinajstić information content (AvgIpc) is 3.19. The fraction of sp³-hybridized carbons (Fsp3) is 0.368. The van der Waals surface area contributed by atoms with Gasteiger partial charge in [-0.1, -0.05) is 17.8 Å². The highest BCUT2D eigenvalue weighted by atomic mass is 32.2. The number of hydrogen-bond acceptors (Lipinski definition) is 6. The molecule has 1 aliphatic rings. The Kier molecular flexibility index (Phi) is 5.01. The lowest BCUT2D eigenvalue weighted by Gasteiger charge is -2.07. The second-order valence-electron chi connectivity index (χ2n) is 6.88. The van der Waals surface area contributed by atoms with Gasteiger partial charge in [0, 0.05) is 17.0 Å². The molecule has 1 aromatic carbocycles. The number of aromatic nitrogens is 4. The van der Waals surface area contributed by atoms with Gasteiger partial charge in [0.25, 0.3) is 0 Å². The van der Waals surface area contributed by atoms with E-state index < -0.39 is 0 Å². The molecule has 1 saturated carbocycles. The van der Waals surface area contributed by atoms with Gasteiger partial charge in [-0.25, -0.2) is 4.98 Å². The SMILES string of the molecule is Cc1cc(C)c(-c2csc(NC(=O)CSc3nncn3C3CC3)n2)cc1C. The Bertz CT molecular complexity index is 990. The summed E-state index contributed by atoms with van der Waals surface area (Å²) >= 11 is 2.86. The molecule has 1 amide bonds. The monoisotopic (exact) mass is 399 g/mol. The van der Waals surface area contributed by atoms with Crippen LogP contribution in [-0.2, 0) is 4.79 Å². The van der Waals surface area contributed by atoms with Crippen LogP contribution >= 0.6 is 23.1 Å². The summed E-state index contributed by atoms with van der Waals surface area (Å²) in [6.45, 7) is 6.30. The summed E-state index contributed by atoms with van der Waals surface area (Å²) < 4.78 is 2.06. The molecule has 0 bridgehead atoms. The normalized spacial score (nSPS) is 13.7. The third-order valence-electron chi connectivity index (χ3n) is 4.68. The van der Waals surface area contributed by atoms with Gasteiger partial charge in [-0.05, 0) is 56.4 Å². The molecule has 0 radical (unpaired) electrons. The van der Waals surface area contributed by atoms with Crippen LogP contribution < -0.4 is 5.32 Å². The molecule has 1 fully saturated rings. The highest BCUT2D eigenvalue weighted by molar-refractivity contribution is 7.99. The zero-order chi connectivity index (χ0) is 19.0. The van der Waals surface area contributed by atoms with Crippen LogP contribution in [0.15, 0.2) is 29.0 Å².